The third-order valence-corrected chi connectivity index (χ3v) is 2.34. The summed E-state index contributed by atoms with van der Waals surface area (Å²) in [6.07, 6.45) is 0.931. The van der Waals surface area contributed by atoms with E-state index in [4.69, 9.17) is 0 Å². The molecule has 16 heavy (non-hydrogen) atoms. The number of benzene rings is 1. The van der Waals surface area contributed by atoms with Crippen molar-refractivity contribution in [1.82, 2.24) is 4.98 Å². The number of aliphatic hydroxyl groups excluding tert-OH is 1. The van der Waals surface area contributed by atoms with Crippen LogP contribution in [0.5, 0.6) is 0 Å². The third kappa shape index (κ3) is 1.94. The van der Waals surface area contributed by atoms with E-state index in [1.54, 1.807) is 30.5 Å². The first-order chi connectivity index (χ1) is 7.68. The number of nitrogens with zero attached hydrogens (tertiary/aromatic N) is 1. The van der Waals surface area contributed by atoms with Gasteiger partial charge in [0.05, 0.1) is 4.92 Å². The van der Waals surface area contributed by atoms with Crippen LogP contribution in [0, 0.1) is 10.1 Å². The summed E-state index contributed by atoms with van der Waals surface area (Å²) < 4.78 is 0. The Morgan fingerprint density at radius 3 is 2.44 bits per heavy atom. The molecule has 1 atom stereocenters. The average Bonchev–Trinajstić information content (AvgIpc) is 2.81. The van der Waals surface area contributed by atoms with Crippen LogP contribution in [0.4, 0.5) is 5.69 Å². The summed E-state index contributed by atoms with van der Waals surface area (Å²) in [6, 6.07) is 9.38. The summed E-state index contributed by atoms with van der Waals surface area (Å²) in [5, 5.41) is 20.4. The van der Waals surface area contributed by atoms with Gasteiger partial charge in [-0.1, -0.05) is 0 Å². The first kappa shape index (κ1) is 10.4. The van der Waals surface area contributed by atoms with Gasteiger partial charge in [-0.05, 0) is 29.8 Å². The standard InChI is InChI=1S/C11H10N2O3/c14-11(10-2-1-7-12-10)8-3-5-9(6-4-8)13(15)16/h1-7,11-12,14H. The molecule has 0 spiro atoms. The van der Waals surface area contributed by atoms with Crippen LogP contribution in [0.1, 0.15) is 17.4 Å². The van der Waals surface area contributed by atoms with Gasteiger partial charge in [-0.3, -0.25) is 10.1 Å². The van der Waals surface area contributed by atoms with E-state index in [-0.39, 0.29) is 5.69 Å². The number of aromatic nitrogens is 1. The number of aromatic amines is 1. The zero-order valence-corrected chi connectivity index (χ0v) is 8.33. The fourth-order valence-electron chi connectivity index (χ4n) is 1.47. The Balaban J connectivity index is 2.25. The molecule has 5 heteroatoms. The van der Waals surface area contributed by atoms with Crippen LogP contribution in [0.3, 0.4) is 0 Å². The Morgan fingerprint density at radius 2 is 1.94 bits per heavy atom. The lowest BCUT2D eigenvalue weighted by Gasteiger charge is -2.08. The van der Waals surface area contributed by atoms with E-state index in [9.17, 15) is 15.2 Å². The summed E-state index contributed by atoms with van der Waals surface area (Å²) >= 11 is 0. The number of hydrogen-bond donors (Lipinski definition) is 2. The van der Waals surface area contributed by atoms with Gasteiger partial charge in [-0.2, -0.15) is 0 Å². The third-order valence-electron chi connectivity index (χ3n) is 2.34. The molecular weight excluding hydrogens is 208 g/mol. The summed E-state index contributed by atoms with van der Waals surface area (Å²) in [6.45, 7) is 0. The van der Waals surface area contributed by atoms with E-state index in [1.165, 1.54) is 12.1 Å². The van der Waals surface area contributed by atoms with Crippen molar-refractivity contribution in [2.75, 3.05) is 0 Å². The van der Waals surface area contributed by atoms with Crippen molar-refractivity contribution in [2.24, 2.45) is 0 Å². The molecular formula is C11H10N2O3. The number of rotatable bonds is 3. The highest BCUT2D eigenvalue weighted by Gasteiger charge is 2.12. The minimum absolute atomic E-state index is 0.0161. The molecule has 0 aliphatic heterocycles. The molecule has 0 bridgehead atoms. The van der Waals surface area contributed by atoms with Crippen LogP contribution in [-0.2, 0) is 0 Å². The lowest BCUT2D eigenvalue weighted by Crippen LogP contribution is -1.99. The number of aliphatic hydroxyl groups is 1. The van der Waals surface area contributed by atoms with Crippen molar-refractivity contribution in [1.29, 1.82) is 0 Å². The molecule has 1 heterocycles. The molecule has 5 nitrogen and oxygen atoms in total. The van der Waals surface area contributed by atoms with E-state index in [0.717, 1.165) is 0 Å². The highest BCUT2D eigenvalue weighted by molar-refractivity contribution is 5.35. The monoisotopic (exact) mass is 218 g/mol. The van der Waals surface area contributed by atoms with Crippen LogP contribution in [-0.4, -0.2) is 15.0 Å². The largest absolute Gasteiger partial charge is 0.382 e. The van der Waals surface area contributed by atoms with E-state index in [1.807, 2.05) is 0 Å². The lowest BCUT2D eigenvalue weighted by molar-refractivity contribution is -0.384. The van der Waals surface area contributed by atoms with E-state index in [2.05, 4.69) is 4.98 Å². The van der Waals surface area contributed by atoms with Gasteiger partial charge in [0.25, 0.3) is 5.69 Å². The molecule has 2 rings (SSSR count). The Hall–Kier alpha value is -2.14. The maximum Gasteiger partial charge on any atom is 0.269 e. The summed E-state index contributed by atoms with van der Waals surface area (Å²) in [5.74, 6) is 0. The van der Waals surface area contributed by atoms with Gasteiger partial charge in [-0.15, -0.1) is 0 Å². The van der Waals surface area contributed by atoms with Crippen molar-refractivity contribution >= 4 is 5.69 Å². The smallest absolute Gasteiger partial charge is 0.269 e. The van der Waals surface area contributed by atoms with Crippen LogP contribution < -0.4 is 0 Å². The van der Waals surface area contributed by atoms with Gasteiger partial charge in [0.15, 0.2) is 0 Å². The van der Waals surface area contributed by atoms with Crippen LogP contribution in [0.2, 0.25) is 0 Å². The number of nitro groups is 1. The molecule has 0 saturated carbocycles. The van der Waals surface area contributed by atoms with Crippen LogP contribution in [0.15, 0.2) is 42.6 Å². The lowest BCUT2D eigenvalue weighted by atomic mass is 10.1. The van der Waals surface area contributed by atoms with E-state index >= 15 is 0 Å². The topological polar surface area (TPSA) is 79.2 Å². The van der Waals surface area contributed by atoms with E-state index < -0.39 is 11.0 Å². The van der Waals surface area contributed by atoms with Crippen molar-refractivity contribution < 1.29 is 10.0 Å². The molecule has 82 valence electrons. The number of nitrogens with one attached hydrogen (secondary N) is 1. The molecule has 0 aliphatic rings. The predicted octanol–water partition coefficient (Wildman–Crippen LogP) is 2.00. The Morgan fingerprint density at radius 1 is 1.25 bits per heavy atom. The molecule has 0 radical (unpaired) electrons. The van der Waals surface area contributed by atoms with Crippen LogP contribution in [0.25, 0.3) is 0 Å². The Kier molecular flexibility index (Phi) is 2.70. The predicted molar refractivity (Wildman–Crippen MR) is 58.0 cm³/mol. The van der Waals surface area contributed by atoms with Crippen LogP contribution >= 0.6 is 0 Å². The summed E-state index contributed by atoms with van der Waals surface area (Å²) in [5.41, 5.74) is 1.30. The summed E-state index contributed by atoms with van der Waals surface area (Å²) in [4.78, 5) is 12.9. The van der Waals surface area contributed by atoms with Gasteiger partial charge in [0.2, 0.25) is 0 Å². The van der Waals surface area contributed by atoms with Gasteiger partial charge in [-0.25, -0.2) is 0 Å². The first-order valence-corrected chi connectivity index (χ1v) is 4.74. The number of non-ortho nitro benzene ring substituents is 1. The van der Waals surface area contributed by atoms with Gasteiger partial charge in [0, 0.05) is 24.0 Å². The van der Waals surface area contributed by atoms with Crippen molar-refractivity contribution in [3.05, 3.63) is 64.0 Å². The zero-order chi connectivity index (χ0) is 11.5. The molecule has 2 N–H and O–H groups in total. The minimum atomic E-state index is -0.782. The van der Waals surface area contributed by atoms with Crippen molar-refractivity contribution in [3.63, 3.8) is 0 Å². The van der Waals surface area contributed by atoms with Crippen molar-refractivity contribution in [2.45, 2.75) is 6.10 Å². The van der Waals surface area contributed by atoms with Crippen molar-refractivity contribution in [3.8, 4) is 0 Å². The maximum absolute atomic E-state index is 10.4. The zero-order valence-electron chi connectivity index (χ0n) is 8.33. The SMILES string of the molecule is O=[N+]([O-])c1ccc(C(O)c2ccc[nH]2)cc1. The molecule has 1 aromatic heterocycles. The second kappa shape index (κ2) is 4.16. The summed E-state index contributed by atoms with van der Waals surface area (Å²) in [7, 11) is 0. The minimum Gasteiger partial charge on any atom is -0.382 e. The Labute approximate surface area is 91.5 Å². The average molecular weight is 218 g/mol. The quantitative estimate of drug-likeness (QED) is 0.610. The fourth-order valence-corrected chi connectivity index (χ4v) is 1.47. The first-order valence-electron chi connectivity index (χ1n) is 4.74. The number of H-pyrrole nitrogens is 1. The maximum atomic E-state index is 10.4. The number of nitro benzene ring substituents is 1. The molecule has 0 saturated heterocycles. The second-order valence-electron chi connectivity index (χ2n) is 3.38. The molecule has 0 amide bonds. The highest BCUT2D eigenvalue weighted by atomic mass is 16.6. The van der Waals surface area contributed by atoms with Gasteiger partial charge >= 0.3 is 0 Å². The molecule has 2 aromatic rings. The Bertz CT molecular complexity index is 476. The second-order valence-corrected chi connectivity index (χ2v) is 3.38. The van der Waals surface area contributed by atoms with E-state index in [0.29, 0.717) is 11.3 Å². The molecule has 0 fully saturated rings. The normalized spacial score (nSPS) is 12.3. The molecule has 0 aliphatic carbocycles. The number of hydrogen-bond acceptors (Lipinski definition) is 3. The fraction of sp³-hybridized carbons (Fsp3) is 0.0909. The molecule has 1 unspecified atom stereocenters. The highest BCUT2D eigenvalue weighted by Crippen LogP contribution is 2.22. The van der Waals surface area contributed by atoms with Gasteiger partial charge < -0.3 is 10.1 Å². The van der Waals surface area contributed by atoms with Gasteiger partial charge in [0.1, 0.15) is 6.10 Å². The molecule has 1 aromatic carbocycles.